The smallest absolute Gasteiger partial charge is 0.251 e. The first-order valence-electron chi connectivity index (χ1n) is 10.7. The van der Waals surface area contributed by atoms with E-state index in [1.807, 2.05) is 89.5 Å². The van der Waals surface area contributed by atoms with E-state index in [9.17, 15) is 9.59 Å². The largest absolute Gasteiger partial charge is 0.351 e. The number of hydrogen-bond acceptors (Lipinski definition) is 4. The van der Waals surface area contributed by atoms with E-state index in [-0.39, 0.29) is 17.2 Å². The molecule has 0 aliphatic carbocycles. The van der Waals surface area contributed by atoms with Crippen LogP contribution in [0.2, 0.25) is 0 Å². The molecule has 1 aliphatic heterocycles. The van der Waals surface area contributed by atoms with Crippen molar-refractivity contribution in [1.82, 2.24) is 10.2 Å². The first-order chi connectivity index (χ1) is 15.7. The molecular weight excluding hydrogens is 436 g/mol. The van der Waals surface area contributed by atoms with Crippen molar-refractivity contribution in [2.24, 2.45) is 0 Å². The molecule has 1 heterocycles. The summed E-state index contributed by atoms with van der Waals surface area (Å²) in [4.78, 5) is 26.8. The maximum atomic E-state index is 12.5. The van der Waals surface area contributed by atoms with E-state index >= 15 is 0 Å². The normalized spacial score (nSPS) is 15.7. The van der Waals surface area contributed by atoms with Crippen LogP contribution in [0.25, 0.3) is 0 Å². The van der Waals surface area contributed by atoms with Crippen LogP contribution < -0.4 is 5.32 Å². The van der Waals surface area contributed by atoms with Gasteiger partial charge in [0.15, 0.2) is 0 Å². The maximum absolute atomic E-state index is 12.5. The number of carbonyl (C=O) groups is 2. The molecule has 6 heteroatoms. The van der Waals surface area contributed by atoms with E-state index in [0.717, 1.165) is 22.6 Å². The lowest BCUT2D eigenvalue weighted by atomic mass is 10.1. The van der Waals surface area contributed by atoms with E-state index in [1.54, 1.807) is 11.8 Å². The number of amides is 2. The summed E-state index contributed by atoms with van der Waals surface area (Å²) in [5.41, 5.74) is 4.11. The predicted octanol–water partition coefficient (Wildman–Crippen LogP) is 5.12. The third kappa shape index (κ3) is 5.96. The minimum absolute atomic E-state index is 0.0193. The van der Waals surface area contributed by atoms with Crippen LogP contribution in [-0.4, -0.2) is 34.8 Å². The average molecular weight is 463 g/mol. The molecule has 2 amide bonds. The molecule has 3 aromatic rings. The number of rotatable bonds is 9. The Morgan fingerprint density at radius 2 is 1.59 bits per heavy atom. The van der Waals surface area contributed by atoms with Crippen LogP contribution in [-0.2, 0) is 17.1 Å². The van der Waals surface area contributed by atoms with Gasteiger partial charge in [-0.25, -0.2) is 0 Å². The molecule has 3 aromatic carbocycles. The molecular formula is C26H26N2O2S2. The van der Waals surface area contributed by atoms with Gasteiger partial charge in [-0.05, 0) is 28.8 Å². The Morgan fingerprint density at radius 3 is 2.28 bits per heavy atom. The summed E-state index contributed by atoms with van der Waals surface area (Å²) in [5, 5.41) is 2.97. The highest BCUT2D eigenvalue weighted by Crippen LogP contribution is 2.39. The predicted molar refractivity (Wildman–Crippen MR) is 134 cm³/mol. The Hall–Kier alpha value is -2.70. The highest BCUT2D eigenvalue weighted by molar-refractivity contribution is 8.00. The molecule has 4 rings (SSSR count). The number of nitrogens with zero attached hydrogens (tertiary/aromatic N) is 1. The van der Waals surface area contributed by atoms with E-state index in [0.29, 0.717) is 24.4 Å². The lowest BCUT2D eigenvalue weighted by Crippen LogP contribution is -2.28. The van der Waals surface area contributed by atoms with Crippen LogP contribution in [0, 0.1) is 0 Å². The fourth-order valence-corrected chi connectivity index (χ4v) is 5.59. The van der Waals surface area contributed by atoms with Crippen LogP contribution in [0.15, 0.2) is 84.9 Å². The molecule has 1 fully saturated rings. The highest BCUT2D eigenvalue weighted by Gasteiger charge is 2.32. The Kier molecular flexibility index (Phi) is 7.91. The molecule has 1 atom stereocenters. The zero-order valence-electron chi connectivity index (χ0n) is 17.8. The summed E-state index contributed by atoms with van der Waals surface area (Å²) in [5.74, 6) is 2.39. The summed E-state index contributed by atoms with van der Waals surface area (Å²) in [6.07, 6.45) is 0. The van der Waals surface area contributed by atoms with Gasteiger partial charge in [-0.1, -0.05) is 72.8 Å². The zero-order chi connectivity index (χ0) is 22.2. The molecule has 0 bridgehead atoms. The van der Waals surface area contributed by atoms with Gasteiger partial charge in [-0.3, -0.25) is 9.59 Å². The van der Waals surface area contributed by atoms with Crippen LogP contribution in [0.1, 0.15) is 32.4 Å². The second-order valence-corrected chi connectivity index (χ2v) is 9.76. The van der Waals surface area contributed by atoms with Crippen molar-refractivity contribution in [3.63, 3.8) is 0 Å². The van der Waals surface area contributed by atoms with E-state index in [1.165, 1.54) is 5.56 Å². The topological polar surface area (TPSA) is 49.4 Å². The molecule has 1 aliphatic rings. The maximum Gasteiger partial charge on any atom is 0.251 e. The lowest BCUT2D eigenvalue weighted by Gasteiger charge is -2.24. The van der Waals surface area contributed by atoms with Crippen molar-refractivity contribution in [2.45, 2.75) is 17.7 Å². The molecule has 164 valence electrons. The van der Waals surface area contributed by atoms with Gasteiger partial charge in [0.05, 0.1) is 5.75 Å². The SMILES string of the molecule is O=C(NCCSCc1ccccc1)c1ccc([C@H]2SCC(=O)N2Cc2ccccc2)cc1. The molecule has 32 heavy (non-hydrogen) atoms. The summed E-state index contributed by atoms with van der Waals surface area (Å²) in [6.45, 7) is 1.23. The third-order valence-corrected chi connectivity index (χ3v) is 7.55. The Labute approximate surface area is 197 Å². The Morgan fingerprint density at radius 1 is 0.938 bits per heavy atom. The van der Waals surface area contributed by atoms with Gasteiger partial charge in [0.2, 0.25) is 5.91 Å². The lowest BCUT2D eigenvalue weighted by molar-refractivity contribution is -0.128. The fourth-order valence-electron chi connectivity index (χ4n) is 3.58. The molecule has 1 N–H and O–H groups in total. The minimum Gasteiger partial charge on any atom is -0.351 e. The van der Waals surface area contributed by atoms with Gasteiger partial charge in [0, 0.05) is 30.2 Å². The van der Waals surface area contributed by atoms with Gasteiger partial charge in [-0.2, -0.15) is 11.8 Å². The van der Waals surface area contributed by atoms with Gasteiger partial charge in [-0.15, -0.1) is 11.8 Å². The molecule has 0 radical (unpaired) electrons. The Balaban J connectivity index is 1.28. The minimum atomic E-state index is -0.0619. The van der Waals surface area contributed by atoms with Gasteiger partial charge < -0.3 is 10.2 Å². The zero-order valence-corrected chi connectivity index (χ0v) is 19.4. The van der Waals surface area contributed by atoms with Crippen molar-refractivity contribution in [2.75, 3.05) is 18.1 Å². The highest BCUT2D eigenvalue weighted by atomic mass is 32.2. The van der Waals surface area contributed by atoms with Crippen molar-refractivity contribution >= 4 is 35.3 Å². The monoisotopic (exact) mass is 462 g/mol. The van der Waals surface area contributed by atoms with Crippen LogP contribution >= 0.6 is 23.5 Å². The third-order valence-electron chi connectivity index (χ3n) is 5.27. The molecule has 0 aromatic heterocycles. The van der Waals surface area contributed by atoms with E-state index in [4.69, 9.17) is 0 Å². The molecule has 0 unspecified atom stereocenters. The van der Waals surface area contributed by atoms with E-state index < -0.39 is 0 Å². The Bertz CT molecular complexity index is 1030. The standard InChI is InChI=1S/C26H26N2O2S2/c29-24-19-32-26(28(24)17-20-7-3-1-4-8-20)23-13-11-22(12-14-23)25(30)27-15-16-31-18-21-9-5-2-6-10-21/h1-14,26H,15-19H2,(H,27,30)/t26-/m1/s1. The average Bonchev–Trinajstić information content (AvgIpc) is 3.20. The van der Waals surface area contributed by atoms with Crippen molar-refractivity contribution in [3.05, 3.63) is 107 Å². The van der Waals surface area contributed by atoms with Crippen LogP contribution in [0.5, 0.6) is 0 Å². The van der Waals surface area contributed by atoms with Gasteiger partial charge >= 0.3 is 0 Å². The summed E-state index contributed by atoms with van der Waals surface area (Å²) in [7, 11) is 0. The number of nitrogens with one attached hydrogen (secondary N) is 1. The number of carbonyl (C=O) groups excluding carboxylic acids is 2. The van der Waals surface area contributed by atoms with Crippen LogP contribution in [0.4, 0.5) is 0 Å². The van der Waals surface area contributed by atoms with Crippen molar-refractivity contribution in [1.29, 1.82) is 0 Å². The summed E-state index contributed by atoms with van der Waals surface area (Å²) in [6, 6.07) is 28.0. The summed E-state index contributed by atoms with van der Waals surface area (Å²) >= 11 is 3.44. The first kappa shape index (κ1) is 22.5. The second kappa shape index (κ2) is 11.2. The first-order valence-corrected chi connectivity index (χ1v) is 12.9. The van der Waals surface area contributed by atoms with Gasteiger partial charge in [0.25, 0.3) is 5.91 Å². The van der Waals surface area contributed by atoms with Crippen LogP contribution in [0.3, 0.4) is 0 Å². The molecule has 4 nitrogen and oxygen atoms in total. The second-order valence-electron chi connectivity index (χ2n) is 7.59. The van der Waals surface area contributed by atoms with Gasteiger partial charge in [0.1, 0.15) is 5.37 Å². The molecule has 0 spiro atoms. The number of benzene rings is 3. The number of hydrogen-bond donors (Lipinski definition) is 1. The molecule has 0 saturated carbocycles. The van der Waals surface area contributed by atoms with Crippen molar-refractivity contribution in [3.8, 4) is 0 Å². The number of thioether (sulfide) groups is 2. The molecule has 1 saturated heterocycles. The van der Waals surface area contributed by atoms with E-state index in [2.05, 4.69) is 17.4 Å². The summed E-state index contributed by atoms with van der Waals surface area (Å²) < 4.78 is 0. The van der Waals surface area contributed by atoms with Crippen molar-refractivity contribution < 1.29 is 9.59 Å². The quantitative estimate of drug-likeness (QED) is 0.448. The fraction of sp³-hybridized carbons (Fsp3) is 0.231.